The molecule has 30 heavy (non-hydrogen) atoms. The summed E-state index contributed by atoms with van der Waals surface area (Å²) in [7, 11) is 4.05. The van der Waals surface area contributed by atoms with Crippen molar-refractivity contribution in [3.63, 3.8) is 0 Å². The van der Waals surface area contributed by atoms with Crippen LogP contribution in [0.25, 0.3) is 11.1 Å². The first-order valence-electron chi connectivity index (χ1n) is 9.93. The van der Waals surface area contributed by atoms with Gasteiger partial charge in [0.05, 0.1) is 0 Å². The van der Waals surface area contributed by atoms with Gasteiger partial charge < -0.3 is 9.64 Å². The average Bonchev–Trinajstić information content (AvgIpc) is 2.76. The summed E-state index contributed by atoms with van der Waals surface area (Å²) in [5.74, 6) is 1.21. The van der Waals surface area contributed by atoms with Gasteiger partial charge in [-0.2, -0.15) is 0 Å². The van der Waals surface area contributed by atoms with Gasteiger partial charge in [-0.3, -0.25) is 4.79 Å². The van der Waals surface area contributed by atoms with Crippen LogP contribution in [0.1, 0.15) is 11.1 Å². The maximum absolute atomic E-state index is 11.7. The predicted molar refractivity (Wildman–Crippen MR) is 126 cm³/mol. The van der Waals surface area contributed by atoms with Gasteiger partial charge in [0.15, 0.2) is 5.78 Å². The number of nitrogens with zero attached hydrogens (tertiary/aromatic N) is 1. The molecule has 0 amide bonds. The Morgan fingerprint density at radius 3 is 2.20 bits per heavy atom. The molecule has 2 aromatic rings. The monoisotopic (exact) mass is 419 g/mol. The summed E-state index contributed by atoms with van der Waals surface area (Å²) in [6.45, 7) is 1.49. The first kappa shape index (κ1) is 21.8. The van der Waals surface area contributed by atoms with Crippen molar-refractivity contribution < 1.29 is 9.53 Å². The standard InChI is InChI=1S/C26H26ClNO2/c1-28(2)18-19-30-24-14-10-22(11-15-24)26(21-8-12-23(29)13-9-21)25(16-17-27)20-6-4-3-5-7-20/h3-16H,17-19H2,1-2H3/b25-16-. The zero-order valence-corrected chi connectivity index (χ0v) is 18.1. The van der Waals surface area contributed by atoms with Gasteiger partial charge in [0, 0.05) is 12.4 Å². The largest absolute Gasteiger partial charge is 0.492 e. The zero-order valence-electron chi connectivity index (χ0n) is 17.3. The van der Waals surface area contributed by atoms with Gasteiger partial charge in [0.25, 0.3) is 0 Å². The van der Waals surface area contributed by atoms with Crippen LogP contribution >= 0.6 is 11.6 Å². The van der Waals surface area contributed by atoms with Gasteiger partial charge in [-0.25, -0.2) is 0 Å². The molecule has 154 valence electrons. The summed E-state index contributed by atoms with van der Waals surface area (Å²) in [4.78, 5) is 13.8. The van der Waals surface area contributed by atoms with Crippen LogP contribution in [0.4, 0.5) is 0 Å². The van der Waals surface area contributed by atoms with Crippen molar-refractivity contribution in [3.05, 3.63) is 102 Å². The lowest BCUT2D eigenvalue weighted by Crippen LogP contribution is -2.19. The van der Waals surface area contributed by atoms with E-state index < -0.39 is 0 Å². The highest BCUT2D eigenvalue weighted by Gasteiger charge is 2.15. The molecule has 0 spiro atoms. The lowest BCUT2D eigenvalue weighted by molar-refractivity contribution is -0.110. The highest BCUT2D eigenvalue weighted by molar-refractivity contribution is 6.20. The van der Waals surface area contributed by atoms with E-state index in [1.165, 1.54) is 0 Å². The van der Waals surface area contributed by atoms with Crippen molar-refractivity contribution in [1.29, 1.82) is 0 Å². The van der Waals surface area contributed by atoms with Crippen LogP contribution in [-0.2, 0) is 4.79 Å². The van der Waals surface area contributed by atoms with Gasteiger partial charge in [-0.1, -0.05) is 60.7 Å². The summed E-state index contributed by atoms with van der Waals surface area (Å²) >= 11 is 6.13. The molecule has 0 saturated carbocycles. The second-order valence-electron chi connectivity index (χ2n) is 7.21. The summed E-state index contributed by atoms with van der Waals surface area (Å²) in [5, 5.41) is 0. The Balaban J connectivity index is 2.02. The average molecular weight is 420 g/mol. The quantitative estimate of drug-likeness (QED) is 0.536. The minimum atomic E-state index is -0.00896. The van der Waals surface area contributed by atoms with E-state index >= 15 is 0 Å². The van der Waals surface area contributed by atoms with E-state index in [1.807, 2.05) is 62.7 Å². The molecule has 0 heterocycles. The molecular weight excluding hydrogens is 394 g/mol. The van der Waals surface area contributed by atoms with E-state index in [9.17, 15) is 4.79 Å². The Labute approximate surface area is 183 Å². The van der Waals surface area contributed by atoms with Crippen molar-refractivity contribution in [1.82, 2.24) is 4.90 Å². The molecule has 4 heteroatoms. The first-order valence-corrected chi connectivity index (χ1v) is 10.5. The van der Waals surface area contributed by atoms with Crippen LogP contribution in [0.15, 0.2) is 90.6 Å². The molecule has 0 aliphatic heterocycles. The number of ketones is 1. The Morgan fingerprint density at radius 1 is 0.933 bits per heavy atom. The van der Waals surface area contributed by atoms with E-state index in [0.29, 0.717) is 12.5 Å². The molecule has 0 unspecified atom stereocenters. The van der Waals surface area contributed by atoms with Gasteiger partial charge in [0.2, 0.25) is 0 Å². The third-order valence-corrected chi connectivity index (χ3v) is 4.88. The SMILES string of the molecule is CN(C)CCOc1ccc(C(=C2C=CC(=O)C=C2)/C(=C\CCl)c2ccccc2)cc1. The van der Waals surface area contributed by atoms with Gasteiger partial charge >= 0.3 is 0 Å². The second kappa shape index (κ2) is 10.8. The third-order valence-electron chi connectivity index (χ3n) is 4.73. The van der Waals surface area contributed by atoms with Crippen LogP contribution in [0.5, 0.6) is 5.75 Å². The summed E-state index contributed by atoms with van der Waals surface area (Å²) in [5.41, 5.74) is 5.14. The van der Waals surface area contributed by atoms with Crippen molar-refractivity contribution in [3.8, 4) is 5.75 Å². The fourth-order valence-electron chi connectivity index (χ4n) is 3.22. The number of halogens is 1. The minimum Gasteiger partial charge on any atom is -0.492 e. The van der Waals surface area contributed by atoms with Gasteiger partial charge in [-0.05, 0) is 66.2 Å². The molecule has 0 bridgehead atoms. The van der Waals surface area contributed by atoms with E-state index in [2.05, 4.69) is 29.2 Å². The van der Waals surface area contributed by atoms with Crippen molar-refractivity contribution in [2.75, 3.05) is 33.1 Å². The van der Waals surface area contributed by atoms with E-state index in [-0.39, 0.29) is 5.78 Å². The fraction of sp³-hybridized carbons (Fsp3) is 0.192. The molecule has 0 saturated heterocycles. The van der Waals surface area contributed by atoms with Crippen LogP contribution in [-0.4, -0.2) is 43.8 Å². The number of ether oxygens (including phenoxy) is 1. The zero-order chi connectivity index (χ0) is 21.3. The number of allylic oxidation sites excluding steroid dienone is 8. The van der Waals surface area contributed by atoms with E-state index in [0.717, 1.165) is 40.1 Å². The van der Waals surface area contributed by atoms with E-state index in [4.69, 9.17) is 16.3 Å². The van der Waals surface area contributed by atoms with Crippen LogP contribution in [0, 0.1) is 0 Å². The molecule has 1 aliphatic rings. The second-order valence-corrected chi connectivity index (χ2v) is 7.52. The molecule has 3 nitrogen and oxygen atoms in total. The molecule has 0 N–H and O–H groups in total. The van der Waals surface area contributed by atoms with Crippen LogP contribution < -0.4 is 4.74 Å². The molecule has 0 fully saturated rings. The van der Waals surface area contributed by atoms with Crippen molar-refractivity contribution in [2.24, 2.45) is 0 Å². The normalized spacial score (nSPS) is 13.8. The third kappa shape index (κ3) is 5.82. The number of carbonyl (C=O) groups is 1. The molecule has 0 atom stereocenters. The lowest BCUT2D eigenvalue weighted by atomic mass is 9.87. The van der Waals surface area contributed by atoms with Crippen LogP contribution in [0.2, 0.25) is 0 Å². The fourth-order valence-corrected chi connectivity index (χ4v) is 3.38. The molecule has 0 aromatic heterocycles. The Kier molecular flexibility index (Phi) is 7.83. The maximum Gasteiger partial charge on any atom is 0.178 e. The Bertz CT molecular complexity index is 965. The number of likely N-dealkylation sites (N-methyl/N-ethyl adjacent to an activating group) is 1. The van der Waals surface area contributed by atoms with Crippen molar-refractivity contribution in [2.45, 2.75) is 0 Å². The minimum absolute atomic E-state index is 0.00896. The lowest BCUT2D eigenvalue weighted by Gasteiger charge is -2.18. The first-order chi connectivity index (χ1) is 14.6. The molecule has 3 rings (SSSR count). The van der Waals surface area contributed by atoms with Gasteiger partial charge in [-0.15, -0.1) is 11.6 Å². The summed E-state index contributed by atoms with van der Waals surface area (Å²) < 4.78 is 5.84. The smallest absolute Gasteiger partial charge is 0.178 e. The van der Waals surface area contributed by atoms with Gasteiger partial charge in [0.1, 0.15) is 12.4 Å². The number of benzene rings is 2. The molecule has 0 radical (unpaired) electrons. The number of alkyl halides is 1. The summed E-state index contributed by atoms with van der Waals surface area (Å²) in [6.07, 6.45) is 8.93. The van der Waals surface area contributed by atoms with E-state index in [1.54, 1.807) is 12.2 Å². The maximum atomic E-state index is 11.7. The highest BCUT2D eigenvalue weighted by Crippen LogP contribution is 2.36. The topological polar surface area (TPSA) is 29.5 Å². The molecule has 2 aromatic carbocycles. The highest BCUT2D eigenvalue weighted by atomic mass is 35.5. The molecular formula is C26H26ClNO2. The number of rotatable bonds is 8. The van der Waals surface area contributed by atoms with Crippen molar-refractivity contribution >= 4 is 28.5 Å². The number of hydrogen-bond donors (Lipinski definition) is 0. The Morgan fingerprint density at radius 2 is 1.60 bits per heavy atom. The Hall–Kier alpha value is -2.88. The number of hydrogen-bond acceptors (Lipinski definition) is 3. The number of carbonyl (C=O) groups excluding carboxylic acids is 1. The summed E-state index contributed by atoms with van der Waals surface area (Å²) in [6, 6.07) is 18.2. The van der Waals surface area contributed by atoms with Crippen LogP contribution in [0.3, 0.4) is 0 Å². The molecule has 1 aliphatic carbocycles. The predicted octanol–water partition coefficient (Wildman–Crippen LogP) is 5.40.